The normalized spacial score (nSPS) is 15.7. The van der Waals surface area contributed by atoms with Crippen molar-refractivity contribution in [3.05, 3.63) is 28.9 Å². The second-order valence-electron chi connectivity index (χ2n) is 6.00. The molecule has 7 nitrogen and oxygen atoms in total. The van der Waals surface area contributed by atoms with Crippen molar-refractivity contribution in [2.24, 2.45) is 0 Å². The van der Waals surface area contributed by atoms with E-state index in [9.17, 15) is 21.6 Å². The standard InChI is InChI=1S/C14H17F3N4O3S/c1-8-13(9(2)24-20-8)25(22,23)18-5-6-21-11(10-3-4-10)7-12(19-21)14(15,16)17/h7,10,18H,3-6H2,1-2H3. The summed E-state index contributed by atoms with van der Waals surface area (Å²) in [5.41, 5.74) is -0.242. The number of rotatable bonds is 6. The number of aromatic nitrogens is 3. The highest BCUT2D eigenvalue weighted by Crippen LogP contribution is 2.42. The van der Waals surface area contributed by atoms with Crippen LogP contribution in [0.15, 0.2) is 15.5 Å². The van der Waals surface area contributed by atoms with Gasteiger partial charge in [-0.05, 0) is 32.8 Å². The molecule has 0 aliphatic heterocycles. The second-order valence-corrected chi connectivity index (χ2v) is 7.70. The summed E-state index contributed by atoms with van der Waals surface area (Å²) in [6.45, 7) is 2.89. The SMILES string of the molecule is Cc1noc(C)c1S(=O)(=O)NCCn1nc(C(F)(F)F)cc1C1CC1. The molecule has 138 valence electrons. The lowest BCUT2D eigenvalue weighted by molar-refractivity contribution is -0.141. The third-order valence-corrected chi connectivity index (χ3v) is 5.65. The van der Waals surface area contributed by atoms with Gasteiger partial charge in [0.2, 0.25) is 10.0 Å². The molecule has 3 rings (SSSR count). The summed E-state index contributed by atoms with van der Waals surface area (Å²) < 4.78 is 71.6. The van der Waals surface area contributed by atoms with Gasteiger partial charge in [0.1, 0.15) is 10.6 Å². The van der Waals surface area contributed by atoms with Crippen molar-refractivity contribution >= 4 is 10.0 Å². The van der Waals surface area contributed by atoms with Crippen LogP contribution in [0.25, 0.3) is 0 Å². The molecule has 0 spiro atoms. The van der Waals surface area contributed by atoms with Crippen LogP contribution in [0.4, 0.5) is 13.2 Å². The molecule has 25 heavy (non-hydrogen) atoms. The van der Waals surface area contributed by atoms with E-state index < -0.39 is 21.9 Å². The Morgan fingerprint density at radius 1 is 1.36 bits per heavy atom. The van der Waals surface area contributed by atoms with Crippen LogP contribution in [0.5, 0.6) is 0 Å². The van der Waals surface area contributed by atoms with E-state index in [0.717, 1.165) is 18.9 Å². The minimum atomic E-state index is -4.52. The fraction of sp³-hybridized carbons (Fsp3) is 0.571. The van der Waals surface area contributed by atoms with Crippen LogP contribution in [-0.4, -0.2) is 29.9 Å². The predicted octanol–water partition coefficient (Wildman–Crippen LogP) is 2.36. The highest BCUT2D eigenvalue weighted by Gasteiger charge is 2.37. The molecule has 0 unspecified atom stereocenters. The van der Waals surface area contributed by atoms with Gasteiger partial charge in [0.25, 0.3) is 0 Å². The van der Waals surface area contributed by atoms with E-state index >= 15 is 0 Å². The molecule has 0 bridgehead atoms. The molecule has 2 aromatic heterocycles. The zero-order valence-corrected chi connectivity index (χ0v) is 14.4. The number of hydrogen-bond acceptors (Lipinski definition) is 5. The van der Waals surface area contributed by atoms with Crippen molar-refractivity contribution in [1.82, 2.24) is 19.7 Å². The van der Waals surface area contributed by atoms with Gasteiger partial charge >= 0.3 is 6.18 Å². The summed E-state index contributed by atoms with van der Waals surface area (Å²) in [4.78, 5) is -0.0497. The first-order valence-electron chi connectivity index (χ1n) is 7.67. The molecule has 1 aliphatic carbocycles. The minimum Gasteiger partial charge on any atom is -0.360 e. The Labute approximate surface area is 142 Å². The monoisotopic (exact) mass is 378 g/mol. The minimum absolute atomic E-state index is 0.00448. The summed E-state index contributed by atoms with van der Waals surface area (Å²) in [6, 6.07) is 1.04. The topological polar surface area (TPSA) is 90.0 Å². The summed E-state index contributed by atoms with van der Waals surface area (Å²) >= 11 is 0. The molecule has 11 heteroatoms. The Kier molecular flexibility index (Phi) is 4.40. The van der Waals surface area contributed by atoms with Crippen LogP contribution in [-0.2, 0) is 22.7 Å². The molecular weight excluding hydrogens is 361 g/mol. The van der Waals surface area contributed by atoms with Gasteiger partial charge in [0, 0.05) is 18.2 Å². The molecule has 1 fully saturated rings. The molecule has 1 saturated carbocycles. The first-order chi connectivity index (χ1) is 11.6. The van der Waals surface area contributed by atoms with Gasteiger partial charge in [-0.15, -0.1) is 0 Å². The van der Waals surface area contributed by atoms with Crippen LogP contribution in [0, 0.1) is 13.8 Å². The maximum Gasteiger partial charge on any atom is 0.435 e. The highest BCUT2D eigenvalue weighted by atomic mass is 32.2. The van der Waals surface area contributed by atoms with E-state index in [2.05, 4.69) is 15.0 Å². The number of sulfonamides is 1. The van der Waals surface area contributed by atoms with Crippen molar-refractivity contribution in [2.75, 3.05) is 6.54 Å². The largest absolute Gasteiger partial charge is 0.435 e. The predicted molar refractivity (Wildman–Crippen MR) is 80.4 cm³/mol. The Hall–Kier alpha value is -1.88. The molecule has 0 radical (unpaired) electrons. The molecule has 2 heterocycles. The maximum absolute atomic E-state index is 12.8. The van der Waals surface area contributed by atoms with E-state index in [1.54, 1.807) is 0 Å². The summed E-state index contributed by atoms with van der Waals surface area (Å²) in [6.07, 6.45) is -2.90. The van der Waals surface area contributed by atoms with Gasteiger partial charge in [-0.25, -0.2) is 13.1 Å². The number of nitrogens with zero attached hydrogens (tertiary/aromatic N) is 3. The van der Waals surface area contributed by atoms with Crippen molar-refractivity contribution in [3.63, 3.8) is 0 Å². The fourth-order valence-corrected chi connectivity index (χ4v) is 4.02. The number of alkyl halides is 3. The van der Waals surface area contributed by atoms with E-state index in [1.807, 2.05) is 0 Å². The van der Waals surface area contributed by atoms with Crippen LogP contribution in [0.2, 0.25) is 0 Å². The third kappa shape index (κ3) is 3.71. The zero-order chi connectivity index (χ0) is 18.4. The molecule has 2 aromatic rings. The zero-order valence-electron chi connectivity index (χ0n) is 13.6. The van der Waals surface area contributed by atoms with Gasteiger partial charge in [0.15, 0.2) is 11.5 Å². The average molecular weight is 378 g/mol. The van der Waals surface area contributed by atoms with Gasteiger partial charge in [0.05, 0.1) is 6.54 Å². The first kappa shape index (κ1) is 17.9. The van der Waals surface area contributed by atoms with E-state index in [4.69, 9.17) is 4.52 Å². The Morgan fingerprint density at radius 3 is 2.56 bits per heavy atom. The Morgan fingerprint density at radius 2 is 2.04 bits per heavy atom. The quantitative estimate of drug-likeness (QED) is 0.833. The van der Waals surface area contributed by atoms with E-state index in [1.165, 1.54) is 18.5 Å². The smallest absolute Gasteiger partial charge is 0.360 e. The number of hydrogen-bond donors (Lipinski definition) is 1. The lowest BCUT2D eigenvalue weighted by atomic mass is 10.2. The number of halogens is 3. The summed E-state index contributed by atoms with van der Waals surface area (Å²) in [5.74, 6) is 0.213. The van der Waals surface area contributed by atoms with Crippen LogP contribution >= 0.6 is 0 Å². The molecule has 0 saturated heterocycles. The summed E-state index contributed by atoms with van der Waals surface area (Å²) in [7, 11) is -3.86. The van der Waals surface area contributed by atoms with Gasteiger partial charge in [-0.2, -0.15) is 18.3 Å². The van der Waals surface area contributed by atoms with E-state index in [0.29, 0.717) is 5.69 Å². The van der Waals surface area contributed by atoms with Gasteiger partial charge in [-0.3, -0.25) is 4.68 Å². The second kappa shape index (κ2) is 6.13. The van der Waals surface area contributed by atoms with Crippen LogP contribution < -0.4 is 4.72 Å². The molecular formula is C14H17F3N4O3S. The summed E-state index contributed by atoms with van der Waals surface area (Å²) in [5, 5.41) is 7.17. The maximum atomic E-state index is 12.8. The number of aryl methyl sites for hydroxylation is 2. The third-order valence-electron chi connectivity index (χ3n) is 3.95. The van der Waals surface area contributed by atoms with Gasteiger partial charge < -0.3 is 4.52 Å². The lowest BCUT2D eigenvalue weighted by Gasteiger charge is -2.09. The Balaban J connectivity index is 1.73. The van der Waals surface area contributed by atoms with Crippen molar-refractivity contribution in [3.8, 4) is 0 Å². The van der Waals surface area contributed by atoms with Crippen molar-refractivity contribution < 1.29 is 26.1 Å². The van der Waals surface area contributed by atoms with Crippen molar-refractivity contribution in [1.29, 1.82) is 0 Å². The average Bonchev–Trinajstić information content (AvgIpc) is 3.14. The van der Waals surface area contributed by atoms with E-state index in [-0.39, 0.29) is 35.4 Å². The Bertz CT molecular complexity index is 862. The molecule has 1 N–H and O–H groups in total. The number of nitrogens with one attached hydrogen (secondary N) is 1. The molecule has 0 atom stereocenters. The van der Waals surface area contributed by atoms with Crippen molar-refractivity contribution in [2.45, 2.75) is 50.2 Å². The first-order valence-corrected chi connectivity index (χ1v) is 9.15. The van der Waals surface area contributed by atoms with Crippen LogP contribution in [0.3, 0.4) is 0 Å². The lowest BCUT2D eigenvalue weighted by Crippen LogP contribution is -2.29. The molecule has 1 aliphatic rings. The highest BCUT2D eigenvalue weighted by molar-refractivity contribution is 7.89. The molecule has 0 aromatic carbocycles. The molecule has 0 amide bonds. The van der Waals surface area contributed by atoms with Crippen LogP contribution in [0.1, 0.15) is 41.6 Å². The van der Waals surface area contributed by atoms with Gasteiger partial charge in [-0.1, -0.05) is 5.16 Å². The fourth-order valence-electron chi connectivity index (χ4n) is 2.67.